The molecule has 0 aliphatic heterocycles. The molecule has 2 amide bonds. The van der Waals surface area contributed by atoms with Crippen LogP contribution < -0.4 is 10.1 Å². The highest BCUT2D eigenvalue weighted by atomic mass is 19.4. The molecule has 2 aromatic rings. The van der Waals surface area contributed by atoms with Crippen LogP contribution >= 0.6 is 0 Å². The lowest BCUT2D eigenvalue weighted by Crippen LogP contribution is -2.41. The van der Waals surface area contributed by atoms with Crippen molar-refractivity contribution in [3.05, 3.63) is 42.0 Å². The van der Waals surface area contributed by atoms with E-state index in [1.807, 2.05) is 18.9 Å². The van der Waals surface area contributed by atoms with Crippen LogP contribution in [-0.2, 0) is 21.4 Å². The zero-order chi connectivity index (χ0) is 29.6. The average Bonchev–Trinajstić information content (AvgIpc) is 3.31. The van der Waals surface area contributed by atoms with E-state index in [2.05, 4.69) is 15.4 Å². The molecule has 1 atom stereocenters. The first-order valence-corrected chi connectivity index (χ1v) is 11.9. The Bertz CT molecular complexity index is 1050. The van der Waals surface area contributed by atoms with Crippen LogP contribution in [0.4, 0.5) is 13.2 Å². The molecule has 12 nitrogen and oxygen atoms in total. The van der Waals surface area contributed by atoms with Crippen LogP contribution in [0.25, 0.3) is 0 Å². The summed E-state index contributed by atoms with van der Waals surface area (Å²) in [6.45, 7) is 4.51. The number of methoxy groups -OCH3 is 1. The second kappa shape index (κ2) is 16.3. The van der Waals surface area contributed by atoms with Crippen molar-refractivity contribution in [1.82, 2.24) is 29.9 Å². The number of nitrogens with zero attached hydrogens (tertiary/aromatic N) is 5. The number of carboxylic acids is 1. The van der Waals surface area contributed by atoms with Gasteiger partial charge in [-0.2, -0.15) is 18.3 Å². The number of ether oxygens (including phenoxy) is 2. The van der Waals surface area contributed by atoms with Crippen LogP contribution in [0, 0.1) is 0 Å². The zero-order valence-corrected chi connectivity index (χ0v) is 22.6. The molecule has 0 radical (unpaired) electrons. The number of rotatable bonds is 13. The SMILES string of the molecule is CCOCCNC(=O)C(c1ncn(C)n1)N(C)CCCN(C)C(=O)c1ccc(OC)cc1.O=C(O)C(F)(F)F. The van der Waals surface area contributed by atoms with E-state index in [0.29, 0.717) is 56.4 Å². The topological polar surface area (TPSA) is 139 Å². The van der Waals surface area contributed by atoms with Gasteiger partial charge in [-0.1, -0.05) is 0 Å². The summed E-state index contributed by atoms with van der Waals surface area (Å²) >= 11 is 0. The van der Waals surface area contributed by atoms with Gasteiger partial charge in [0.2, 0.25) is 5.91 Å². The fourth-order valence-electron chi connectivity index (χ4n) is 3.23. The lowest BCUT2D eigenvalue weighted by atomic mass is 10.2. The first-order chi connectivity index (χ1) is 18.3. The first-order valence-electron chi connectivity index (χ1n) is 11.9. The number of hydrogen-bond donors (Lipinski definition) is 2. The second-order valence-electron chi connectivity index (χ2n) is 8.26. The first kappa shape index (κ1) is 33.3. The lowest BCUT2D eigenvalue weighted by Gasteiger charge is -2.26. The summed E-state index contributed by atoms with van der Waals surface area (Å²) in [5.74, 6) is -1.86. The maximum atomic E-state index is 12.8. The molecular weight excluding hydrogens is 525 g/mol. The molecule has 218 valence electrons. The molecule has 1 unspecified atom stereocenters. The third-order valence-corrected chi connectivity index (χ3v) is 5.23. The number of carbonyl (C=O) groups is 3. The Morgan fingerprint density at radius 2 is 1.77 bits per heavy atom. The van der Waals surface area contributed by atoms with Crippen LogP contribution in [0.15, 0.2) is 30.6 Å². The fraction of sp³-hybridized carbons (Fsp3) is 0.542. The highest BCUT2D eigenvalue weighted by Gasteiger charge is 2.38. The smallest absolute Gasteiger partial charge is 0.490 e. The predicted molar refractivity (Wildman–Crippen MR) is 134 cm³/mol. The normalized spacial score (nSPS) is 11.8. The minimum absolute atomic E-state index is 0.0630. The van der Waals surface area contributed by atoms with E-state index in [9.17, 15) is 22.8 Å². The van der Waals surface area contributed by atoms with E-state index in [4.69, 9.17) is 19.4 Å². The number of aromatic nitrogens is 3. The second-order valence-corrected chi connectivity index (χ2v) is 8.26. The standard InChI is InChI=1S/C22H34N6O4.C2HF3O2/c1-6-32-15-12-23-21(29)19(20-24-16-28(4)25-20)26(2)13-7-14-27(3)22(30)17-8-10-18(31-5)11-9-17;3-2(4,5)1(6)7/h8-11,16,19H,6-7,12-15H2,1-5H3,(H,23,29);(H,6,7). The number of benzene rings is 1. The Hall–Kier alpha value is -3.72. The Labute approximate surface area is 224 Å². The van der Waals surface area contributed by atoms with Gasteiger partial charge in [-0.25, -0.2) is 9.78 Å². The molecule has 2 N–H and O–H groups in total. The van der Waals surface area contributed by atoms with Gasteiger partial charge in [0.25, 0.3) is 5.91 Å². The van der Waals surface area contributed by atoms with Gasteiger partial charge in [0, 0.05) is 45.9 Å². The van der Waals surface area contributed by atoms with Gasteiger partial charge >= 0.3 is 12.1 Å². The van der Waals surface area contributed by atoms with E-state index in [1.54, 1.807) is 61.4 Å². The summed E-state index contributed by atoms with van der Waals surface area (Å²) in [6, 6.07) is 6.41. The number of nitrogens with one attached hydrogen (secondary N) is 1. The maximum Gasteiger partial charge on any atom is 0.490 e. The maximum absolute atomic E-state index is 12.8. The molecule has 0 saturated carbocycles. The van der Waals surface area contributed by atoms with Crippen molar-refractivity contribution in [1.29, 1.82) is 0 Å². The van der Waals surface area contributed by atoms with Crippen LogP contribution in [0.3, 0.4) is 0 Å². The van der Waals surface area contributed by atoms with Crippen molar-refractivity contribution in [3.8, 4) is 5.75 Å². The Kier molecular flexibility index (Phi) is 13.9. The molecule has 1 aromatic carbocycles. The summed E-state index contributed by atoms with van der Waals surface area (Å²) in [6.07, 6.45) is -2.82. The van der Waals surface area contributed by atoms with Gasteiger partial charge < -0.3 is 24.8 Å². The van der Waals surface area contributed by atoms with Gasteiger partial charge in [-0.3, -0.25) is 19.2 Å². The van der Waals surface area contributed by atoms with Gasteiger partial charge in [0.15, 0.2) is 11.9 Å². The Morgan fingerprint density at radius 3 is 2.26 bits per heavy atom. The molecule has 0 saturated heterocycles. The molecule has 0 spiro atoms. The number of aryl methyl sites for hydroxylation is 1. The van der Waals surface area contributed by atoms with E-state index in [-0.39, 0.29) is 11.8 Å². The molecular formula is C24H35F3N6O6. The molecule has 0 fully saturated rings. The lowest BCUT2D eigenvalue weighted by molar-refractivity contribution is -0.192. The quantitative estimate of drug-likeness (QED) is 0.351. The minimum Gasteiger partial charge on any atom is -0.497 e. The van der Waals surface area contributed by atoms with Crippen LogP contribution in [-0.4, -0.2) is 108 Å². The van der Waals surface area contributed by atoms with Crippen molar-refractivity contribution in [2.24, 2.45) is 7.05 Å². The number of aliphatic carboxylic acids is 1. The van der Waals surface area contributed by atoms with Crippen LogP contribution in [0.5, 0.6) is 5.75 Å². The third kappa shape index (κ3) is 11.7. The Balaban J connectivity index is 0.000000956. The van der Waals surface area contributed by atoms with E-state index in [0.717, 1.165) is 0 Å². The molecule has 0 aliphatic carbocycles. The van der Waals surface area contributed by atoms with Gasteiger partial charge in [0.05, 0.1) is 13.7 Å². The molecule has 0 aliphatic rings. The minimum atomic E-state index is -5.08. The fourth-order valence-corrected chi connectivity index (χ4v) is 3.23. The Morgan fingerprint density at radius 1 is 1.15 bits per heavy atom. The summed E-state index contributed by atoms with van der Waals surface area (Å²) < 4.78 is 43.7. The van der Waals surface area contributed by atoms with Gasteiger partial charge in [0.1, 0.15) is 12.1 Å². The van der Waals surface area contributed by atoms with Crippen LogP contribution in [0.2, 0.25) is 0 Å². The molecule has 0 bridgehead atoms. The number of alkyl halides is 3. The zero-order valence-electron chi connectivity index (χ0n) is 22.6. The highest BCUT2D eigenvalue weighted by Crippen LogP contribution is 2.17. The number of likely N-dealkylation sites (N-methyl/N-ethyl adjacent to an activating group) is 1. The van der Waals surface area contributed by atoms with Gasteiger partial charge in [-0.15, -0.1) is 0 Å². The van der Waals surface area contributed by atoms with Crippen molar-refractivity contribution >= 4 is 17.8 Å². The molecule has 1 heterocycles. The van der Waals surface area contributed by atoms with Crippen molar-refractivity contribution in [3.63, 3.8) is 0 Å². The van der Waals surface area contributed by atoms with Gasteiger partial charge in [-0.05, 0) is 44.7 Å². The largest absolute Gasteiger partial charge is 0.497 e. The summed E-state index contributed by atoms with van der Waals surface area (Å²) in [5, 5.41) is 14.3. The van der Waals surface area contributed by atoms with Crippen molar-refractivity contribution in [2.75, 3.05) is 54.1 Å². The summed E-state index contributed by atoms with van der Waals surface area (Å²) in [5.41, 5.74) is 0.603. The molecule has 39 heavy (non-hydrogen) atoms. The van der Waals surface area contributed by atoms with E-state index in [1.165, 1.54) is 0 Å². The van der Waals surface area contributed by atoms with Crippen LogP contribution in [0.1, 0.15) is 35.6 Å². The average molecular weight is 561 g/mol. The predicted octanol–water partition coefficient (Wildman–Crippen LogP) is 1.74. The molecule has 2 rings (SSSR count). The highest BCUT2D eigenvalue weighted by molar-refractivity contribution is 5.94. The van der Waals surface area contributed by atoms with Crippen molar-refractivity contribution < 1.29 is 42.1 Å². The summed E-state index contributed by atoms with van der Waals surface area (Å²) in [7, 11) is 6.98. The number of hydrogen-bond acceptors (Lipinski definition) is 8. The van der Waals surface area contributed by atoms with Crippen molar-refractivity contribution in [2.45, 2.75) is 25.6 Å². The molecule has 15 heteroatoms. The van der Waals surface area contributed by atoms with E-state index >= 15 is 0 Å². The summed E-state index contributed by atoms with van der Waals surface area (Å²) in [4.78, 5) is 42.2. The number of carbonyl (C=O) groups excluding carboxylic acids is 2. The monoisotopic (exact) mass is 560 g/mol. The third-order valence-electron chi connectivity index (χ3n) is 5.23. The number of amides is 2. The number of halogens is 3. The molecule has 1 aromatic heterocycles. The number of carboxylic acid groups (broad SMARTS) is 1. The van der Waals surface area contributed by atoms with E-state index < -0.39 is 18.2 Å².